The second kappa shape index (κ2) is 7.14. The highest BCUT2D eigenvalue weighted by molar-refractivity contribution is 5.73. The minimum atomic E-state index is -0.352. The van der Waals surface area contributed by atoms with E-state index in [0.717, 1.165) is 17.9 Å². The SMILES string of the molecule is NCC1CCCC1Nc1ccccc1OCCC(N)=O. The Hall–Kier alpha value is -1.75. The van der Waals surface area contributed by atoms with Crippen LogP contribution in [0.2, 0.25) is 0 Å². The van der Waals surface area contributed by atoms with E-state index >= 15 is 0 Å². The van der Waals surface area contributed by atoms with Crippen LogP contribution in [0.1, 0.15) is 25.7 Å². The molecule has 0 radical (unpaired) electrons. The van der Waals surface area contributed by atoms with E-state index in [1.54, 1.807) is 0 Å². The topological polar surface area (TPSA) is 90.4 Å². The number of para-hydroxylation sites is 2. The normalized spacial score (nSPS) is 21.6. The van der Waals surface area contributed by atoms with E-state index in [0.29, 0.717) is 25.1 Å². The summed E-state index contributed by atoms with van der Waals surface area (Å²) in [5.41, 5.74) is 11.9. The Morgan fingerprint density at radius 1 is 1.35 bits per heavy atom. The predicted molar refractivity (Wildman–Crippen MR) is 79.6 cm³/mol. The number of carbonyl (C=O) groups is 1. The molecule has 2 atom stereocenters. The molecule has 0 bridgehead atoms. The van der Waals surface area contributed by atoms with Gasteiger partial charge in [-0.25, -0.2) is 0 Å². The Kier molecular flexibility index (Phi) is 5.24. The molecule has 0 heterocycles. The van der Waals surface area contributed by atoms with Crippen LogP contribution in [0.5, 0.6) is 5.75 Å². The first-order valence-electron chi connectivity index (χ1n) is 7.17. The molecule has 5 N–H and O–H groups in total. The molecule has 0 aromatic heterocycles. The van der Waals surface area contributed by atoms with E-state index in [1.165, 1.54) is 12.8 Å². The second-order valence-corrected chi connectivity index (χ2v) is 5.24. The molecular formula is C15H23N3O2. The van der Waals surface area contributed by atoms with Crippen molar-refractivity contribution in [3.8, 4) is 5.75 Å². The van der Waals surface area contributed by atoms with E-state index < -0.39 is 0 Å². The van der Waals surface area contributed by atoms with Crippen LogP contribution < -0.4 is 21.5 Å². The highest BCUT2D eigenvalue weighted by atomic mass is 16.5. The van der Waals surface area contributed by atoms with Crippen LogP contribution in [0, 0.1) is 5.92 Å². The standard InChI is InChI=1S/C15H23N3O2/c16-10-11-4-3-6-12(11)18-13-5-1-2-7-14(13)20-9-8-15(17)19/h1-2,5,7,11-12,18H,3-4,6,8-10,16H2,(H2,17,19). The van der Waals surface area contributed by atoms with Crippen molar-refractivity contribution in [3.63, 3.8) is 0 Å². The van der Waals surface area contributed by atoms with Gasteiger partial charge in [-0.1, -0.05) is 18.6 Å². The van der Waals surface area contributed by atoms with Gasteiger partial charge in [0.1, 0.15) is 5.75 Å². The summed E-state index contributed by atoms with van der Waals surface area (Å²) in [4.78, 5) is 10.7. The summed E-state index contributed by atoms with van der Waals surface area (Å²) in [6.45, 7) is 1.02. The molecule has 0 spiro atoms. The molecule has 1 amide bonds. The van der Waals surface area contributed by atoms with Crippen LogP contribution in [-0.2, 0) is 4.79 Å². The lowest BCUT2D eigenvalue weighted by molar-refractivity contribution is -0.118. The second-order valence-electron chi connectivity index (χ2n) is 5.24. The summed E-state index contributed by atoms with van der Waals surface area (Å²) in [5, 5.41) is 3.53. The van der Waals surface area contributed by atoms with Crippen molar-refractivity contribution >= 4 is 11.6 Å². The summed E-state index contributed by atoms with van der Waals surface area (Å²) >= 11 is 0. The third-order valence-corrected chi connectivity index (χ3v) is 3.80. The van der Waals surface area contributed by atoms with Crippen LogP contribution in [0.3, 0.4) is 0 Å². The number of carbonyl (C=O) groups excluding carboxylic acids is 1. The zero-order valence-corrected chi connectivity index (χ0v) is 11.7. The monoisotopic (exact) mass is 277 g/mol. The molecule has 1 aromatic carbocycles. The van der Waals surface area contributed by atoms with Crippen molar-refractivity contribution < 1.29 is 9.53 Å². The summed E-state index contributed by atoms with van der Waals surface area (Å²) in [7, 11) is 0. The van der Waals surface area contributed by atoms with Crippen molar-refractivity contribution in [3.05, 3.63) is 24.3 Å². The highest BCUT2D eigenvalue weighted by Crippen LogP contribution is 2.31. The molecule has 1 fully saturated rings. The molecule has 1 aliphatic carbocycles. The Morgan fingerprint density at radius 3 is 2.90 bits per heavy atom. The van der Waals surface area contributed by atoms with E-state index in [1.807, 2.05) is 24.3 Å². The summed E-state index contributed by atoms with van der Waals surface area (Å²) in [6, 6.07) is 8.18. The van der Waals surface area contributed by atoms with Gasteiger partial charge >= 0.3 is 0 Å². The maximum absolute atomic E-state index is 10.7. The van der Waals surface area contributed by atoms with Gasteiger partial charge in [-0.15, -0.1) is 0 Å². The molecular weight excluding hydrogens is 254 g/mol. The smallest absolute Gasteiger partial charge is 0.220 e. The number of primary amides is 1. The van der Waals surface area contributed by atoms with Gasteiger partial charge in [0, 0.05) is 6.04 Å². The van der Waals surface area contributed by atoms with Gasteiger partial charge in [-0.2, -0.15) is 0 Å². The molecule has 1 aliphatic rings. The quantitative estimate of drug-likeness (QED) is 0.704. The third kappa shape index (κ3) is 3.87. The largest absolute Gasteiger partial charge is 0.491 e. The van der Waals surface area contributed by atoms with Crippen LogP contribution in [0.4, 0.5) is 5.69 Å². The number of rotatable bonds is 7. The summed E-state index contributed by atoms with van der Waals surface area (Å²) in [6.07, 6.45) is 3.75. The Labute approximate surface area is 119 Å². The van der Waals surface area contributed by atoms with E-state index in [2.05, 4.69) is 5.32 Å². The lowest BCUT2D eigenvalue weighted by Crippen LogP contribution is -2.29. The van der Waals surface area contributed by atoms with Gasteiger partial charge in [0.25, 0.3) is 0 Å². The van der Waals surface area contributed by atoms with Gasteiger partial charge < -0.3 is 21.5 Å². The molecule has 20 heavy (non-hydrogen) atoms. The summed E-state index contributed by atoms with van der Waals surface area (Å²) < 4.78 is 5.63. The van der Waals surface area contributed by atoms with E-state index in [9.17, 15) is 4.79 Å². The maximum atomic E-state index is 10.7. The fourth-order valence-electron chi connectivity index (χ4n) is 2.68. The zero-order valence-electron chi connectivity index (χ0n) is 11.7. The lowest BCUT2D eigenvalue weighted by Gasteiger charge is -2.22. The molecule has 0 saturated heterocycles. The van der Waals surface area contributed by atoms with Crippen molar-refractivity contribution in [2.45, 2.75) is 31.7 Å². The number of anilines is 1. The third-order valence-electron chi connectivity index (χ3n) is 3.80. The molecule has 1 saturated carbocycles. The minimum Gasteiger partial charge on any atom is -0.491 e. The van der Waals surface area contributed by atoms with Crippen LogP contribution in [-0.4, -0.2) is 25.1 Å². The van der Waals surface area contributed by atoms with E-state index in [4.69, 9.17) is 16.2 Å². The Balaban J connectivity index is 1.98. The zero-order chi connectivity index (χ0) is 14.4. The lowest BCUT2D eigenvalue weighted by atomic mass is 10.0. The molecule has 1 aromatic rings. The van der Waals surface area contributed by atoms with Crippen LogP contribution >= 0.6 is 0 Å². The fourth-order valence-corrected chi connectivity index (χ4v) is 2.68. The molecule has 5 nitrogen and oxygen atoms in total. The van der Waals surface area contributed by atoms with Crippen molar-refractivity contribution in [1.82, 2.24) is 0 Å². The number of nitrogens with one attached hydrogen (secondary N) is 1. The van der Waals surface area contributed by atoms with E-state index in [-0.39, 0.29) is 12.3 Å². The average Bonchev–Trinajstić information content (AvgIpc) is 2.87. The van der Waals surface area contributed by atoms with Gasteiger partial charge in [0.2, 0.25) is 5.91 Å². The molecule has 110 valence electrons. The fraction of sp³-hybridized carbons (Fsp3) is 0.533. The Morgan fingerprint density at radius 2 is 2.15 bits per heavy atom. The first-order chi connectivity index (χ1) is 9.70. The number of hydrogen-bond acceptors (Lipinski definition) is 4. The predicted octanol–water partition coefficient (Wildman–Crippen LogP) is 1.48. The number of benzene rings is 1. The van der Waals surface area contributed by atoms with Gasteiger partial charge in [-0.05, 0) is 37.4 Å². The van der Waals surface area contributed by atoms with Crippen LogP contribution in [0.25, 0.3) is 0 Å². The summed E-state index contributed by atoms with van der Waals surface area (Å²) in [5.74, 6) is 0.930. The van der Waals surface area contributed by atoms with Gasteiger partial charge in [-0.3, -0.25) is 4.79 Å². The molecule has 0 aliphatic heterocycles. The number of amides is 1. The first-order valence-corrected chi connectivity index (χ1v) is 7.17. The minimum absolute atomic E-state index is 0.225. The maximum Gasteiger partial charge on any atom is 0.220 e. The van der Waals surface area contributed by atoms with Crippen molar-refractivity contribution in [2.24, 2.45) is 17.4 Å². The molecule has 2 rings (SSSR count). The van der Waals surface area contributed by atoms with Crippen molar-refractivity contribution in [1.29, 1.82) is 0 Å². The van der Waals surface area contributed by atoms with Crippen molar-refractivity contribution in [2.75, 3.05) is 18.5 Å². The molecule has 2 unspecified atom stereocenters. The molecule has 5 heteroatoms. The van der Waals surface area contributed by atoms with Gasteiger partial charge in [0.05, 0.1) is 18.7 Å². The van der Waals surface area contributed by atoms with Gasteiger partial charge in [0.15, 0.2) is 0 Å². The Bertz CT molecular complexity index is 450. The average molecular weight is 277 g/mol. The number of hydrogen-bond donors (Lipinski definition) is 3. The number of nitrogens with two attached hydrogens (primary N) is 2. The van der Waals surface area contributed by atoms with Crippen LogP contribution in [0.15, 0.2) is 24.3 Å². The first kappa shape index (κ1) is 14.7. The number of ether oxygens (including phenoxy) is 1. The highest BCUT2D eigenvalue weighted by Gasteiger charge is 2.26.